The summed E-state index contributed by atoms with van der Waals surface area (Å²) in [5.74, 6) is -1.33. The molecule has 2 heterocycles. The van der Waals surface area contributed by atoms with E-state index in [-0.39, 0.29) is 10.7 Å². The van der Waals surface area contributed by atoms with Crippen LogP contribution in [0.2, 0.25) is 0 Å². The van der Waals surface area contributed by atoms with E-state index >= 15 is 0 Å². The monoisotopic (exact) mass is 378 g/mol. The molecule has 0 fully saturated rings. The van der Waals surface area contributed by atoms with Gasteiger partial charge in [0.15, 0.2) is 11.1 Å². The molecule has 3 rings (SSSR count). The number of sulfonamides is 1. The Morgan fingerprint density at radius 3 is 2.60 bits per heavy atom. The normalized spacial score (nSPS) is 12.8. The third kappa shape index (κ3) is 3.60. The lowest BCUT2D eigenvalue weighted by Gasteiger charge is -2.14. The third-order valence-corrected chi connectivity index (χ3v) is 5.80. The standard InChI is InChI=1S/C15H14N4O4S2/c1-19-11(7-8-16-19)13(15(20)21)18-25(22,23)12-9-24-14(17-12)10-5-3-2-4-6-10/h2-9,13,18H,1H3,(H,20,21). The van der Waals surface area contributed by atoms with Crippen molar-refractivity contribution in [2.45, 2.75) is 11.1 Å². The van der Waals surface area contributed by atoms with Gasteiger partial charge in [-0.2, -0.15) is 9.82 Å². The summed E-state index contributed by atoms with van der Waals surface area (Å²) in [6, 6.07) is 9.12. The largest absolute Gasteiger partial charge is 0.480 e. The number of aliphatic carboxylic acids is 1. The maximum absolute atomic E-state index is 12.5. The van der Waals surface area contributed by atoms with E-state index in [2.05, 4.69) is 14.8 Å². The molecule has 2 N–H and O–H groups in total. The van der Waals surface area contributed by atoms with Gasteiger partial charge in [-0.05, 0) is 6.07 Å². The summed E-state index contributed by atoms with van der Waals surface area (Å²) < 4.78 is 28.6. The minimum atomic E-state index is -4.11. The van der Waals surface area contributed by atoms with Gasteiger partial charge in [-0.3, -0.25) is 9.48 Å². The van der Waals surface area contributed by atoms with Gasteiger partial charge in [0, 0.05) is 24.2 Å². The van der Waals surface area contributed by atoms with Crippen molar-refractivity contribution >= 4 is 27.3 Å². The van der Waals surface area contributed by atoms with Crippen molar-refractivity contribution in [2.75, 3.05) is 0 Å². The second kappa shape index (κ2) is 6.75. The first kappa shape index (κ1) is 17.3. The highest BCUT2D eigenvalue weighted by molar-refractivity contribution is 7.89. The molecular formula is C15H14N4O4S2. The summed E-state index contributed by atoms with van der Waals surface area (Å²) in [4.78, 5) is 15.6. The fraction of sp³-hybridized carbons (Fsp3) is 0.133. The van der Waals surface area contributed by atoms with Crippen molar-refractivity contribution in [2.24, 2.45) is 7.05 Å². The van der Waals surface area contributed by atoms with Gasteiger partial charge in [-0.25, -0.2) is 13.4 Å². The topological polar surface area (TPSA) is 114 Å². The molecule has 1 unspecified atom stereocenters. The van der Waals surface area contributed by atoms with E-state index in [0.29, 0.717) is 5.01 Å². The van der Waals surface area contributed by atoms with E-state index in [4.69, 9.17) is 0 Å². The molecule has 1 aromatic carbocycles. The Hall–Kier alpha value is -2.56. The van der Waals surface area contributed by atoms with Crippen LogP contribution in [0, 0.1) is 0 Å². The Bertz CT molecular complexity index is 995. The van der Waals surface area contributed by atoms with E-state index in [1.54, 1.807) is 0 Å². The molecule has 130 valence electrons. The number of carbonyl (C=O) groups is 1. The number of rotatable bonds is 6. The maximum Gasteiger partial charge on any atom is 0.327 e. The van der Waals surface area contributed by atoms with Crippen LogP contribution in [0.25, 0.3) is 10.6 Å². The highest BCUT2D eigenvalue weighted by Gasteiger charge is 2.30. The molecular weight excluding hydrogens is 364 g/mol. The molecule has 0 aliphatic rings. The number of nitrogens with zero attached hydrogens (tertiary/aromatic N) is 3. The molecule has 0 aliphatic heterocycles. The van der Waals surface area contributed by atoms with E-state index in [9.17, 15) is 18.3 Å². The number of benzene rings is 1. The van der Waals surface area contributed by atoms with Gasteiger partial charge in [0.25, 0.3) is 10.0 Å². The lowest BCUT2D eigenvalue weighted by molar-refractivity contribution is -0.139. The van der Waals surface area contributed by atoms with Crippen molar-refractivity contribution in [3.8, 4) is 10.6 Å². The van der Waals surface area contributed by atoms with Crippen LogP contribution < -0.4 is 4.72 Å². The Labute approximate surface area is 147 Å². The van der Waals surface area contributed by atoms with E-state index in [0.717, 1.165) is 5.56 Å². The molecule has 0 aliphatic carbocycles. The molecule has 1 atom stereocenters. The zero-order valence-electron chi connectivity index (χ0n) is 13.0. The van der Waals surface area contributed by atoms with E-state index < -0.39 is 22.0 Å². The molecule has 0 saturated heterocycles. The highest BCUT2D eigenvalue weighted by atomic mass is 32.2. The molecule has 3 aromatic rings. The van der Waals surface area contributed by atoms with Gasteiger partial charge >= 0.3 is 5.97 Å². The first-order valence-electron chi connectivity index (χ1n) is 7.12. The number of aromatic nitrogens is 3. The average Bonchev–Trinajstić information content (AvgIpc) is 3.23. The van der Waals surface area contributed by atoms with E-state index in [1.165, 1.54) is 40.7 Å². The molecule has 0 spiro atoms. The quantitative estimate of drug-likeness (QED) is 0.674. The fourth-order valence-electron chi connectivity index (χ4n) is 2.22. The first-order chi connectivity index (χ1) is 11.9. The lowest BCUT2D eigenvalue weighted by atomic mass is 10.2. The second-order valence-corrected chi connectivity index (χ2v) is 7.65. The molecule has 0 bridgehead atoms. The van der Waals surface area contributed by atoms with Crippen LogP contribution in [0.5, 0.6) is 0 Å². The van der Waals surface area contributed by atoms with Crippen molar-refractivity contribution in [1.82, 2.24) is 19.5 Å². The summed E-state index contributed by atoms with van der Waals surface area (Å²) in [6.07, 6.45) is 1.40. The number of carboxylic acid groups (broad SMARTS) is 1. The molecule has 25 heavy (non-hydrogen) atoms. The van der Waals surface area contributed by atoms with Crippen LogP contribution in [-0.2, 0) is 21.9 Å². The number of nitrogens with one attached hydrogen (secondary N) is 1. The van der Waals surface area contributed by atoms with Crippen molar-refractivity contribution in [3.63, 3.8) is 0 Å². The number of carboxylic acids is 1. The number of hydrogen-bond donors (Lipinski definition) is 2. The van der Waals surface area contributed by atoms with Crippen molar-refractivity contribution < 1.29 is 18.3 Å². The van der Waals surface area contributed by atoms with Crippen LogP contribution in [0.4, 0.5) is 0 Å². The number of aryl methyl sites for hydroxylation is 1. The van der Waals surface area contributed by atoms with Gasteiger partial charge < -0.3 is 5.11 Å². The molecule has 0 saturated carbocycles. The Balaban J connectivity index is 1.90. The van der Waals surface area contributed by atoms with Crippen LogP contribution in [-0.4, -0.2) is 34.3 Å². The zero-order valence-corrected chi connectivity index (χ0v) is 14.7. The zero-order chi connectivity index (χ0) is 18.0. The Morgan fingerprint density at radius 2 is 2.00 bits per heavy atom. The van der Waals surface area contributed by atoms with Crippen LogP contribution in [0.3, 0.4) is 0 Å². The van der Waals surface area contributed by atoms with Gasteiger partial charge in [0.2, 0.25) is 0 Å². The van der Waals surface area contributed by atoms with E-state index in [1.807, 2.05) is 30.3 Å². The van der Waals surface area contributed by atoms with Gasteiger partial charge in [-0.1, -0.05) is 30.3 Å². The molecule has 10 heteroatoms. The molecule has 2 aromatic heterocycles. The minimum Gasteiger partial charge on any atom is -0.480 e. The lowest BCUT2D eigenvalue weighted by Crippen LogP contribution is -2.35. The van der Waals surface area contributed by atoms with Crippen LogP contribution >= 0.6 is 11.3 Å². The van der Waals surface area contributed by atoms with Crippen molar-refractivity contribution in [3.05, 3.63) is 53.7 Å². The molecule has 0 radical (unpaired) electrons. The Morgan fingerprint density at radius 1 is 1.28 bits per heavy atom. The van der Waals surface area contributed by atoms with Crippen molar-refractivity contribution in [1.29, 1.82) is 0 Å². The summed E-state index contributed by atoms with van der Waals surface area (Å²) in [5.41, 5.74) is 1.00. The SMILES string of the molecule is Cn1nccc1C(NS(=O)(=O)c1csc(-c2ccccc2)n1)C(=O)O. The number of thiazole rings is 1. The Kier molecular flexibility index (Phi) is 4.66. The van der Waals surface area contributed by atoms with Gasteiger partial charge in [-0.15, -0.1) is 11.3 Å². The molecule has 0 amide bonds. The minimum absolute atomic E-state index is 0.217. The van der Waals surface area contributed by atoms with Crippen LogP contribution in [0.1, 0.15) is 11.7 Å². The smallest absolute Gasteiger partial charge is 0.327 e. The maximum atomic E-state index is 12.5. The number of hydrogen-bond acceptors (Lipinski definition) is 6. The first-order valence-corrected chi connectivity index (χ1v) is 9.49. The highest BCUT2D eigenvalue weighted by Crippen LogP contribution is 2.26. The molecule has 8 nitrogen and oxygen atoms in total. The predicted octanol–water partition coefficient (Wildman–Crippen LogP) is 1.65. The fourth-order valence-corrected chi connectivity index (χ4v) is 4.48. The second-order valence-electron chi connectivity index (χ2n) is 5.13. The average molecular weight is 378 g/mol. The van der Waals surface area contributed by atoms with Gasteiger partial charge in [0.05, 0.1) is 5.69 Å². The predicted molar refractivity (Wildman–Crippen MR) is 91.5 cm³/mol. The summed E-state index contributed by atoms with van der Waals surface area (Å²) in [5, 5.41) is 14.9. The third-order valence-electron chi connectivity index (χ3n) is 3.45. The summed E-state index contributed by atoms with van der Waals surface area (Å²) >= 11 is 1.17. The van der Waals surface area contributed by atoms with Crippen LogP contribution in [0.15, 0.2) is 53.0 Å². The summed E-state index contributed by atoms with van der Waals surface area (Å²) in [6.45, 7) is 0. The summed E-state index contributed by atoms with van der Waals surface area (Å²) in [7, 11) is -2.57. The van der Waals surface area contributed by atoms with Gasteiger partial charge in [0.1, 0.15) is 5.01 Å².